The van der Waals surface area contributed by atoms with Crippen molar-refractivity contribution in [3.05, 3.63) is 49.8 Å². The molecule has 0 fully saturated rings. The van der Waals surface area contributed by atoms with E-state index in [0.717, 1.165) is 0 Å². The number of aliphatic hydroxyl groups excluding tert-OH is 1. The minimum Gasteiger partial charge on any atom is 0 e. The van der Waals surface area contributed by atoms with Crippen LogP contribution in [0.3, 0.4) is 0 Å². The molecule has 0 amide bonds. The van der Waals surface area contributed by atoms with Gasteiger partial charge in [0, 0.05) is 49.7 Å². The summed E-state index contributed by atoms with van der Waals surface area (Å²) in [5.41, 5.74) is 2.39. The Hall–Kier alpha value is -1.27. The van der Waals surface area contributed by atoms with E-state index in [2.05, 4.69) is 37.0 Å². The summed E-state index contributed by atoms with van der Waals surface area (Å²) in [4.78, 5) is 2.07. The number of hydrogen-bond acceptors (Lipinski definition) is 2. The Morgan fingerprint density at radius 2 is 1.45 bits per heavy atom. The molecule has 0 heterocycles. The van der Waals surface area contributed by atoms with Gasteiger partial charge in [0.15, 0.2) is 0 Å². The van der Waals surface area contributed by atoms with Crippen molar-refractivity contribution in [1.82, 2.24) is 0 Å². The summed E-state index contributed by atoms with van der Waals surface area (Å²) in [6.07, 6.45) is 0. The molecule has 0 unspecified atom stereocenters. The van der Waals surface area contributed by atoms with E-state index in [9.17, 15) is 0 Å². The number of para-hydroxylation sites is 1. The van der Waals surface area contributed by atoms with E-state index in [0.29, 0.717) is 0 Å². The van der Waals surface area contributed by atoms with Crippen LogP contribution in [0.5, 0.6) is 0 Å². The van der Waals surface area contributed by atoms with Crippen LogP contribution < -0.4 is 4.90 Å². The molecule has 1 N–H and O–H groups in total. The minimum atomic E-state index is 0. The first-order chi connectivity index (χ1) is 9.16. The second-order valence-corrected chi connectivity index (χ2v) is 3.54. The van der Waals surface area contributed by atoms with Gasteiger partial charge in [0.25, 0.3) is 0 Å². The van der Waals surface area contributed by atoms with Gasteiger partial charge in [0.05, 0.1) is 0 Å². The average Bonchev–Trinajstić information content (AvgIpc) is 2.52. The van der Waals surface area contributed by atoms with Gasteiger partial charge in [-0.3, -0.25) is 0 Å². The zero-order valence-corrected chi connectivity index (χ0v) is 12.9. The van der Waals surface area contributed by atoms with E-state index >= 15 is 0 Å². The molecule has 0 aliphatic carbocycles. The summed E-state index contributed by atoms with van der Waals surface area (Å²) in [5, 5.41) is 9.08. The Morgan fingerprint density at radius 1 is 1.05 bits per heavy atom. The molecule has 20 heavy (non-hydrogen) atoms. The van der Waals surface area contributed by atoms with Crippen LogP contribution in [0.15, 0.2) is 24.3 Å². The molecule has 108 valence electrons. The third-order valence-electron chi connectivity index (χ3n) is 2.22. The predicted molar refractivity (Wildman–Crippen MR) is 68.1 cm³/mol. The van der Waals surface area contributed by atoms with E-state index in [1.54, 1.807) is 0 Å². The van der Waals surface area contributed by atoms with Crippen molar-refractivity contribution >= 4 is 5.69 Å². The zero-order chi connectivity index (χ0) is 15.8. The van der Waals surface area contributed by atoms with Gasteiger partial charge >= 0.3 is 33.9 Å². The molecule has 0 saturated carbocycles. The summed E-state index contributed by atoms with van der Waals surface area (Å²) in [7, 11) is 4.03. The topological polar surface area (TPSA) is 83.2 Å². The Bertz CT molecular complexity index is 374. The maximum atomic E-state index is 9.08. The molecule has 0 aliphatic heterocycles. The van der Waals surface area contributed by atoms with Gasteiger partial charge < -0.3 is 10.0 Å². The number of rotatable bonds is 3. The number of aliphatic hydroxyl groups is 1. The van der Waals surface area contributed by atoms with Gasteiger partial charge in [-0.05, 0) is 11.6 Å². The van der Waals surface area contributed by atoms with Crippen LogP contribution in [0.4, 0.5) is 5.69 Å². The van der Waals surface area contributed by atoms with Crippen LogP contribution in [0.1, 0.15) is 18.4 Å². The van der Waals surface area contributed by atoms with E-state index in [4.69, 9.17) is 19.1 Å². The molecular weight excluding hydrogens is 298 g/mol. The van der Waals surface area contributed by atoms with Gasteiger partial charge in [-0.25, -0.2) is 0 Å². The number of hydrogen-bond donors (Lipinski definition) is 1. The molecule has 5 nitrogen and oxygen atoms in total. The first-order valence-corrected chi connectivity index (χ1v) is 5.15. The van der Waals surface area contributed by atoms with Crippen molar-refractivity contribution in [3.8, 4) is 0 Å². The SMILES string of the molecule is C[C@@H](CO)c1ccccc1N(C)C.[C-]#[O+].[C-]#[O+].[C-]#[O+].[Cr]. The Kier molecular flexibility index (Phi) is 27.2. The standard InChI is InChI=1S/C11H17NO.3CO.Cr/c1-9(8-13)10-6-4-5-7-11(10)12(2)3;3*1-2;/h4-7,9,13H,8H2,1-3H3;;;;/t9-;;;;/m0..../s1. The molecular formula is C14H17CrNO4. The predicted octanol–water partition coefficient (Wildman–Crippen LogP) is 1.73. The molecule has 1 aromatic carbocycles. The van der Waals surface area contributed by atoms with Gasteiger partial charge in [0.1, 0.15) is 0 Å². The third-order valence-corrected chi connectivity index (χ3v) is 2.22. The summed E-state index contributed by atoms with van der Waals surface area (Å²) in [6.45, 7) is 15.7. The van der Waals surface area contributed by atoms with Crippen molar-refractivity contribution in [3.63, 3.8) is 0 Å². The average molecular weight is 315 g/mol. The maximum absolute atomic E-state index is 9.08. The molecule has 0 bridgehead atoms. The van der Waals surface area contributed by atoms with Crippen LogP contribution in [0, 0.1) is 20.0 Å². The minimum absolute atomic E-state index is 0. The van der Waals surface area contributed by atoms with E-state index in [1.165, 1.54) is 11.3 Å². The maximum Gasteiger partial charge on any atom is 0 e. The molecule has 0 radical (unpaired) electrons. The fourth-order valence-electron chi connectivity index (χ4n) is 1.41. The van der Waals surface area contributed by atoms with Gasteiger partial charge in [-0.1, -0.05) is 25.1 Å². The Labute approximate surface area is 130 Å². The largest absolute Gasteiger partial charge is 0 e. The van der Waals surface area contributed by atoms with Crippen LogP contribution in [0.2, 0.25) is 0 Å². The first kappa shape index (κ1) is 27.1. The molecule has 0 saturated heterocycles. The summed E-state index contributed by atoms with van der Waals surface area (Å²) in [6, 6.07) is 8.16. The van der Waals surface area contributed by atoms with Crippen molar-refractivity contribution in [2.45, 2.75) is 12.8 Å². The Morgan fingerprint density at radius 3 is 1.80 bits per heavy atom. The van der Waals surface area contributed by atoms with Crippen molar-refractivity contribution < 1.29 is 36.4 Å². The molecule has 0 aromatic heterocycles. The van der Waals surface area contributed by atoms with Crippen LogP contribution in [-0.4, -0.2) is 25.8 Å². The second kappa shape index (κ2) is 20.1. The fraction of sp³-hybridized carbons (Fsp3) is 0.357. The fourth-order valence-corrected chi connectivity index (χ4v) is 1.41. The number of nitrogens with zero attached hydrogens (tertiary/aromatic N) is 1. The van der Waals surface area contributed by atoms with Gasteiger partial charge in [-0.15, -0.1) is 0 Å². The van der Waals surface area contributed by atoms with E-state index in [1.807, 2.05) is 33.2 Å². The third kappa shape index (κ3) is 10.6. The molecule has 1 aromatic rings. The number of anilines is 1. The summed E-state index contributed by atoms with van der Waals surface area (Å²) >= 11 is 0. The normalized spacial score (nSPS) is 8.50. The molecule has 1 atom stereocenters. The molecule has 6 heteroatoms. The van der Waals surface area contributed by atoms with Gasteiger partial charge in [-0.2, -0.15) is 0 Å². The number of benzene rings is 1. The zero-order valence-electron chi connectivity index (χ0n) is 11.6. The molecule has 1 rings (SSSR count). The smallest absolute Gasteiger partial charge is 0 e. The molecule has 0 spiro atoms. The monoisotopic (exact) mass is 315 g/mol. The van der Waals surface area contributed by atoms with Crippen molar-refractivity contribution in [2.24, 2.45) is 0 Å². The van der Waals surface area contributed by atoms with Crippen molar-refractivity contribution in [2.75, 3.05) is 25.6 Å². The van der Waals surface area contributed by atoms with E-state index < -0.39 is 0 Å². The van der Waals surface area contributed by atoms with Crippen molar-refractivity contribution in [1.29, 1.82) is 0 Å². The van der Waals surface area contributed by atoms with Gasteiger partial charge in [0.2, 0.25) is 0 Å². The first-order valence-electron chi connectivity index (χ1n) is 5.15. The second-order valence-electron chi connectivity index (χ2n) is 3.54. The summed E-state index contributed by atoms with van der Waals surface area (Å²) < 4.78 is 22.5. The quantitative estimate of drug-likeness (QED) is 0.680. The van der Waals surface area contributed by atoms with E-state index in [-0.39, 0.29) is 29.9 Å². The Balaban J connectivity index is -0.000000162. The molecule has 0 aliphatic rings. The summed E-state index contributed by atoms with van der Waals surface area (Å²) in [5.74, 6) is 0.207. The van der Waals surface area contributed by atoms with Crippen LogP contribution in [0.25, 0.3) is 0 Å². The van der Waals surface area contributed by atoms with Crippen LogP contribution >= 0.6 is 0 Å². The van der Waals surface area contributed by atoms with Crippen LogP contribution in [-0.2, 0) is 31.3 Å².